The van der Waals surface area contributed by atoms with Gasteiger partial charge in [-0.25, -0.2) is 9.78 Å². The second-order valence-electron chi connectivity index (χ2n) is 4.50. The van der Waals surface area contributed by atoms with Gasteiger partial charge >= 0.3 is 5.97 Å². The maximum absolute atomic E-state index is 11.1. The smallest absolute Gasteiger partial charge is 0.337 e. The fourth-order valence-electron chi connectivity index (χ4n) is 2.09. The number of aromatic nitrogens is 2. The number of aryl methyl sites for hydroxylation is 1. The van der Waals surface area contributed by atoms with Gasteiger partial charge in [0.1, 0.15) is 11.3 Å². The van der Waals surface area contributed by atoms with Crippen molar-refractivity contribution in [3.63, 3.8) is 0 Å². The number of hydrogen-bond donors (Lipinski definition) is 2. The summed E-state index contributed by atoms with van der Waals surface area (Å²) in [6, 6.07) is 5.20. The lowest BCUT2D eigenvalue weighted by Crippen LogP contribution is -1.96. The predicted molar refractivity (Wildman–Crippen MR) is 70.9 cm³/mol. The highest BCUT2D eigenvalue weighted by atomic mass is 16.4. The summed E-state index contributed by atoms with van der Waals surface area (Å²) in [5, 5.41) is 9.08. The van der Waals surface area contributed by atoms with E-state index < -0.39 is 5.97 Å². The molecule has 96 valence electrons. The Morgan fingerprint density at radius 1 is 1.33 bits per heavy atom. The summed E-state index contributed by atoms with van der Waals surface area (Å²) in [4.78, 5) is 18.7. The molecule has 0 saturated heterocycles. The van der Waals surface area contributed by atoms with Gasteiger partial charge in [-0.2, -0.15) is 0 Å². The van der Waals surface area contributed by atoms with Crippen molar-refractivity contribution in [3.05, 3.63) is 29.6 Å². The van der Waals surface area contributed by atoms with Gasteiger partial charge in [-0.05, 0) is 18.6 Å². The van der Waals surface area contributed by atoms with E-state index in [2.05, 4.69) is 16.9 Å². The Morgan fingerprint density at radius 2 is 2.17 bits per heavy atom. The lowest BCUT2D eigenvalue weighted by atomic mass is 10.1. The summed E-state index contributed by atoms with van der Waals surface area (Å²) in [6.45, 7) is 2.18. The minimum atomic E-state index is -0.926. The highest BCUT2D eigenvalue weighted by Gasteiger charge is 2.11. The third-order valence-electron chi connectivity index (χ3n) is 3.06. The summed E-state index contributed by atoms with van der Waals surface area (Å²) in [6.07, 6.45) is 5.62. The van der Waals surface area contributed by atoms with Crippen LogP contribution in [0, 0.1) is 0 Å². The molecule has 2 rings (SSSR count). The van der Waals surface area contributed by atoms with Crippen LogP contribution < -0.4 is 0 Å². The Labute approximate surface area is 106 Å². The Hall–Kier alpha value is -1.84. The third-order valence-corrected chi connectivity index (χ3v) is 3.06. The fraction of sp³-hybridized carbons (Fsp3) is 0.429. The van der Waals surface area contributed by atoms with E-state index in [1.54, 1.807) is 12.1 Å². The molecule has 0 unspecified atom stereocenters. The van der Waals surface area contributed by atoms with Crippen LogP contribution in [0.25, 0.3) is 11.0 Å². The number of nitrogens with one attached hydrogen (secondary N) is 1. The minimum Gasteiger partial charge on any atom is -0.478 e. The van der Waals surface area contributed by atoms with Gasteiger partial charge in [0.15, 0.2) is 0 Å². The number of unbranched alkanes of at least 4 members (excludes halogenated alkanes) is 3. The molecule has 2 N–H and O–H groups in total. The molecule has 4 nitrogen and oxygen atoms in total. The molecule has 4 heteroatoms. The van der Waals surface area contributed by atoms with Gasteiger partial charge in [0.25, 0.3) is 0 Å². The summed E-state index contributed by atoms with van der Waals surface area (Å²) in [5.74, 6) is -0.0422. The number of hydrogen-bond acceptors (Lipinski definition) is 2. The fourth-order valence-corrected chi connectivity index (χ4v) is 2.09. The number of carbonyl (C=O) groups is 1. The van der Waals surface area contributed by atoms with Gasteiger partial charge < -0.3 is 10.1 Å². The number of imidazole rings is 1. The lowest BCUT2D eigenvalue weighted by Gasteiger charge is -1.95. The zero-order valence-corrected chi connectivity index (χ0v) is 10.6. The van der Waals surface area contributed by atoms with E-state index in [-0.39, 0.29) is 5.56 Å². The van der Waals surface area contributed by atoms with Crippen LogP contribution in [0.15, 0.2) is 18.2 Å². The molecular formula is C14H18N2O2. The van der Waals surface area contributed by atoms with Crippen molar-refractivity contribution in [3.8, 4) is 0 Å². The van der Waals surface area contributed by atoms with Crippen LogP contribution in [0.3, 0.4) is 0 Å². The van der Waals surface area contributed by atoms with Crippen molar-refractivity contribution >= 4 is 17.0 Å². The molecule has 0 atom stereocenters. The van der Waals surface area contributed by atoms with Crippen molar-refractivity contribution < 1.29 is 9.90 Å². The molecule has 1 aromatic heterocycles. The number of H-pyrrole nitrogens is 1. The first kappa shape index (κ1) is 12.6. The first-order valence-electron chi connectivity index (χ1n) is 6.43. The van der Waals surface area contributed by atoms with E-state index in [0.717, 1.165) is 24.2 Å². The number of carboxylic acids is 1. The van der Waals surface area contributed by atoms with E-state index in [4.69, 9.17) is 5.11 Å². The van der Waals surface area contributed by atoms with Crippen LogP contribution in [0.5, 0.6) is 0 Å². The molecule has 0 saturated carbocycles. The number of rotatable bonds is 6. The van der Waals surface area contributed by atoms with Crippen molar-refractivity contribution in [1.29, 1.82) is 0 Å². The molecule has 0 aliphatic rings. The maximum Gasteiger partial charge on any atom is 0.337 e. The highest BCUT2D eigenvalue weighted by Crippen LogP contribution is 2.17. The van der Waals surface area contributed by atoms with Crippen LogP contribution in [0.4, 0.5) is 0 Å². The molecule has 1 heterocycles. The standard InChI is InChI=1S/C14H18N2O2/c1-2-3-4-5-9-12-15-11-8-6-7-10(14(17)18)13(11)16-12/h6-8H,2-5,9H2,1H3,(H,15,16)(H,17,18). The first-order chi connectivity index (χ1) is 8.72. The molecule has 0 amide bonds. The zero-order chi connectivity index (χ0) is 13.0. The van der Waals surface area contributed by atoms with Crippen molar-refractivity contribution in [2.75, 3.05) is 0 Å². The number of aromatic carboxylic acids is 1. The van der Waals surface area contributed by atoms with Gasteiger partial charge in [-0.1, -0.05) is 32.3 Å². The normalized spacial score (nSPS) is 10.9. The lowest BCUT2D eigenvalue weighted by molar-refractivity contribution is 0.0699. The SMILES string of the molecule is CCCCCCc1nc2c(C(=O)O)cccc2[nH]1. The summed E-state index contributed by atoms with van der Waals surface area (Å²) >= 11 is 0. The number of nitrogens with zero attached hydrogens (tertiary/aromatic N) is 1. The molecule has 0 aliphatic carbocycles. The van der Waals surface area contributed by atoms with E-state index in [1.807, 2.05) is 6.07 Å². The average molecular weight is 246 g/mol. The van der Waals surface area contributed by atoms with E-state index in [0.29, 0.717) is 5.52 Å². The first-order valence-corrected chi connectivity index (χ1v) is 6.43. The van der Waals surface area contributed by atoms with Gasteiger partial charge in [0, 0.05) is 6.42 Å². The molecule has 2 aromatic rings. The van der Waals surface area contributed by atoms with Crippen LogP contribution in [-0.4, -0.2) is 21.0 Å². The van der Waals surface area contributed by atoms with Crippen LogP contribution in [0.1, 0.15) is 48.8 Å². The number of aromatic amines is 1. The molecule has 0 bridgehead atoms. The zero-order valence-electron chi connectivity index (χ0n) is 10.6. The van der Waals surface area contributed by atoms with Crippen LogP contribution in [-0.2, 0) is 6.42 Å². The van der Waals surface area contributed by atoms with Gasteiger partial charge in [-0.3, -0.25) is 0 Å². The van der Waals surface area contributed by atoms with Gasteiger partial charge in [-0.15, -0.1) is 0 Å². The monoisotopic (exact) mass is 246 g/mol. The van der Waals surface area contributed by atoms with E-state index in [1.165, 1.54) is 19.3 Å². The molecule has 0 radical (unpaired) electrons. The Bertz CT molecular complexity index is 546. The number of benzene rings is 1. The molecule has 0 fully saturated rings. The minimum absolute atomic E-state index is 0.267. The Balaban J connectivity index is 2.17. The molecule has 1 aromatic carbocycles. The molecule has 18 heavy (non-hydrogen) atoms. The average Bonchev–Trinajstić information content (AvgIpc) is 2.76. The Kier molecular flexibility index (Phi) is 3.97. The van der Waals surface area contributed by atoms with E-state index in [9.17, 15) is 4.79 Å². The molecule has 0 spiro atoms. The molecular weight excluding hydrogens is 228 g/mol. The number of carboxylic acid groups (broad SMARTS) is 1. The highest BCUT2D eigenvalue weighted by molar-refractivity contribution is 6.00. The third kappa shape index (κ3) is 2.70. The second kappa shape index (κ2) is 5.67. The van der Waals surface area contributed by atoms with Gasteiger partial charge in [0.05, 0.1) is 11.1 Å². The summed E-state index contributed by atoms with van der Waals surface area (Å²) in [5.41, 5.74) is 1.64. The second-order valence-corrected chi connectivity index (χ2v) is 4.50. The summed E-state index contributed by atoms with van der Waals surface area (Å²) in [7, 11) is 0. The van der Waals surface area contributed by atoms with Crippen LogP contribution >= 0.6 is 0 Å². The largest absolute Gasteiger partial charge is 0.478 e. The van der Waals surface area contributed by atoms with E-state index >= 15 is 0 Å². The topological polar surface area (TPSA) is 66.0 Å². The van der Waals surface area contributed by atoms with Gasteiger partial charge in [0.2, 0.25) is 0 Å². The quantitative estimate of drug-likeness (QED) is 0.768. The van der Waals surface area contributed by atoms with Crippen molar-refractivity contribution in [1.82, 2.24) is 9.97 Å². The maximum atomic E-state index is 11.1. The Morgan fingerprint density at radius 3 is 2.89 bits per heavy atom. The van der Waals surface area contributed by atoms with Crippen molar-refractivity contribution in [2.24, 2.45) is 0 Å². The van der Waals surface area contributed by atoms with Crippen LogP contribution in [0.2, 0.25) is 0 Å². The summed E-state index contributed by atoms with van der Waals surface area (Å²) < 4.78 is 0. The number of fused-ring (bicyclic) bond motifs is 1. The number of para-hydroxylation sites is 1. The van der Waals surface area contributed by atoms with Crippen molar-refractivity contribution in [2.45, 2.75) is 39.0 Å². The predicted octanol–water partition coefficient (Wildman–Crippen LogP) is 3.38. The molecule has 0 aliphatic heterocycles.